The van der Waals surface area contributed by atoms with E-state index in [0.29, 0.717) is 30.4 Å². The number of nitrogens with two attached hydrogens (primary N) is 1. The molecule has 0 bridgehead atoms. The minimum absolute atomic E-state index is 0.290. The molecule has 158 valence electrons. The predicted molar refractivity (Wildman–Crippen MR) is 125 cm³/mol. The van der Waals surface area contributed by atoms with Crippen molar-refractivity contribution in [3.8, 4) is 34.0 Å². The zero-order valence-electron chi connectivity index (χ0n) is 17.0. The van der Waals surface area contributed by atoms with E-state index in [1.54, 1.807) is 0 Å². The van der Waals surface area contributed by atoms with Crippen molar-refractivity contribution in [2.24, 2.45) is 5.73 Å². The van der Waals surface area contributed by atoms with Gasteiger partial charge in [-0.25, -0.2) is 0 Å². The topological polar surface area (TPSA) is 94.8 Å². The number of hydrogen-bond donors (Lipinski definition) is 2. The van der Waals surface area contributed by atoms with Crippen LogP contribution in [0.4, 0.5) is 0 Å². The van der Waals surface area contributed by atoms with Crippen LogP contribution < -0.4 is 11.1 Å². The molecule has 0 radical (unpaired) electrons. The maximum absolute atomic E-state index is 6.26. The number of nitrogens with one attached hydrogen (secondary N) is 1. The lowest BCUT2D eigenvalue weighted by Crippen LogP contribution is -2.45. The number of fused-ring (bicyclic) bond motifs is 3. The fourth-order valence-electron chi connectivity index (χ4n) is 4.38. The summed E-state index contributed by atoms with van der Waals surface area (Å²) in [5.41, 5.74) is 10.2. The molecule has 4 aromatic rings. The van der Waals surface area contributed by atoms with Gasteiger partial charge in [-0.15, -0.1) is 10.2 Å². The summed E-state index contributed by atoms with van der Waals surface area (Å²) in [6, 6.07) is 16.2. The van der Waals surface area contributed by atoms with Gasteiger partial charge >= 0.3 is 0 Å². The van der Waals surface area contributed by atoms with Gasteiger partial charge in [0, 0.05) is 22.1 Å². The summed E-state index contributed by atoms with van der Waals surface area (Å²) in [5, 5.41) is 17.0. The number of aromatic nitrogens is 4. The van der Waals surface area contributed by atoms with Crippen LogP contribution in [0.15, 0.2) is 82.0 Å². The van der Waals surface area contributed by atoms with Crippen LogP contribution in [0.2, 0.25) is 0 Å². The van der Waals surface area contributed by atoms with E-state index in [9.17, 15) is 0 Å². The second-order valence-corrected chi connectivity index (χ2v) is 8.79. The molecule has 1 atom stereocenters. The first kappa shape index (κ1) is 19.2. The van der Waals surface area contributed by atoms with Gasteiger partial charge in [0.05, 0.1) is 12.1 Å². The summed E-state index contributed by atoms with van der Waals surface area (Å²) in [6.07, 6.45) is 7.74. The molecule has 0 saturated heterocycles. The van der Waals surface area contributed by atoms with Crippen LogP contribution in [0, 0.1) is 0 Å². The molecule has 4 heterocycles. The maximum Gasteiger partial charge on any atom is 0.178 e. The highest BCUT2D eigenvalue weighted by Gasteiger charge is 2.39. The van der Waals surface area contributed by atoms with Crippen LogP contribution in [0.5, 0.6) is 0 Å². The third kappa shape index (κ3) is 2.80. The number of hydrogen-bond acceptors (Lipinski definition) is 6. The van der Waals surface area contributed by atoms with E-state index in [0.717, 1.165) is 27.0 Å². The lowest BCUT2D eigenvalue weighted by molar-refractivity contribution is 0.309. The molecule has 0 spiro atoms. The van der Waals surface area contributed by atoms with E-state index < -0.39 is 5.54 Å². The van der Waals surface area contributed by atoms with E-state index in [1.165, 1.54) is 5.56 Å². The number of halogens is 1. The molecule has 7 nitrogen and oxygen atoms in total. The first-order valence-corrected chi connectivity index (χ1v) is 11.1. The van der Waals surface area contributed by atoms with Gasteiger partial charge in [0.15, 0.2) is 17.4 Å². The Morgan fingerprint density at radius 1 is 1.09 bits per heavy atom. The minimum Gasteiger partial charge on any atom is -0.374 e. The Morgan fingerprint density at radius 2 is 1.94 bits per heavy atom. The molecule has 3 N–H and O–H groups in total. The van der Waals surface area contributed by atoms with Gasteiger partial charge in [0.1, 0.15) is 11.2 Å². The summed E-state index contributed by atoms with van der Waals surface area (Å²) < 4.78 is 9.12. The van der Waals surface area contributed by atoms with Crippen molar-refractivity contribution in [3.05, 3.63) is 88.8 Å². The predicted octanol–water partition coefficient (Wildman–Crippen LogP) is 4.22. The first-order chi connectivity index (χ1) is 15.7. The van der Waals surface area contributed by atoms with Crippen LogP contribution in [-0.4, -0.2) is 26.5 Å². The minimum atomic E-state index is -0.731. The van der Waals surface area contributed by atoms with Crippen molar-refractivity contribution in [1.29, 1.82) is 0 Å². The van der Waals surface area contributed by atoms with Crippen molar-refractivity contribution in [2.45, 2.75) is 12.1 Å². The Labute approximate surface area is 192 Å². The van der Waals surface area contributed by atoms with Gasteiger partial charge in [-0.05, 0) is 30.0 Å². The van der Waals surface area contributed by atoms with Crippen molar-refractivity contribution in [3.63, 3.8) is 0 Å². The highest BCUT2D eigenvalue weighted by atomic mass is 79.9. The Hall–Kier alpha value is -3.49. The molecule has 0 saturated carbocycles. The molecule has 0 fully saturated rings. The summed E-state index contributed by atoms with van der Waals surface area (Å²) >= 11 is 3.57. The smallest absolute Gasteiger partial charge is 0.178 e. The van der Waals surface area contributed by atoms with Crippen molar-refractivity contribution < 1.29 is 4.52 Å². The van der Waals surface area contributed by atoms with Gasteiger partial charge < -0.3 is 20.1 Å². The van der Waals surface area contributed by atoms with E-state index in [4.69, 9.17) is 10.3 Å². The average Bonchev–Trinajstić information content (AvgIpc) is 3.54. The lowest BCUT2D eigenvalue weighted by atomic mass is 9.89. The summed E-state index contributed by atoms with van der Waals surface area (Å²) in [7, 11) is 0. The fourth-order valence-corrected chi connectivity index (χ4v) is 4.74. The monoisotopic (exact) mass is 486 g/mol. The zero-order valence-corrected chi connectivity index (χ0v) is 18.6. The summed E-state index contributed by atoms with van der Waals surface area (Å²) in [5.74, 6) is 2.16. The Kier molecular flexibility index (Phi) is 4.38. The van der Waals surface area contributed by atoms with Gasteiger partial charge in [0.25, 0.3) is 0 Å². The molecular formula is C24H19BrN6O. The molecule has 0 aliphatic carbocycles. The SMILES string of the molecule is NCC1(c2onc(-c3ccccc3)c2-c2nnc3n2Cc2ccc(Br)cc2-3)C=CC=CN1. The largest absolute Gasteiger partial charge is 0.374 e. The highest BCUT2D eigenvalue weighted by molar-refractivity contribution is 9.10. The second-order valence-electron chi connectivity index (χ2n) is 7.87. The summed E-state index contributed by atoms with van der Waals surface area (Å²) in [4.78, 5) is 0. The molecule has 2 aliphatic rings. The lowest BCUT2D eigenvalue weighted by Gasteiger charge is -2.29. The molecule has 32 heavy (non-hydrogen) atoms. The molecule has 6 rings (SSSR count). The quantitative estimate of drug-likeness (QED) is 0.394. The van der Waals surface area contributed by atoms with Crippen LogP contribution in [0.25, 0.3) is 34.0 Å². The highest BCUT2D eigenvalue weighted by Crippen LogP contribution is 2.43. The zero-order chi connectivity index (χ0) is 21.7. The summed E-state index contributed by atoms with van der Waals surface area (Å²) in [6.45, 7) is 0.969. The van der Waals surface area contributed by atoms with Crippen molar-refractivity contribution in [1.82, 2.24) is 25.2 Å². The molecular weight excluding hydrogens is 468 g/mol. The van der Waals surface area contributed by atoms with Crippen molar-refractivity contribution in [2.75, 3.05) is 6.54 Å². The Balaban J connectivity index is 1.59. The maximum atomic E-state index is 6.26. The van der Waals surface area contributed by atoms with Crippen molar-refractivity contribution >= 4 is 15.9 Å². The third-order valence-electron chi connectivity index (χ3n) is 6.01. The third-order valence-corrected chi connectivity index (χ3v) is 6.50. The molecule has 8 heteroatoms. The molecule has 0 amide bonds. The van der Waals surface area contributed by atoms with E-state index in [-0.39, 0.29) is 0 Å². The number of nitrogens with zero attached hydrogens (tertiary/aromatic N) is 4. The molecule has 1 unspecified atom stereocenters. The Bertz CT molecular complexity index is 1390. The van der Waals surface area contributed by atoms with E-state index in [1.807, 2.05) is 60.8 Å². The number of benzene rings is 2. The van der Waals surface area contributed by atoms with Crippen LogP contribution in [0.3, 0.4) is 0 Å². The second kappa shape index (κ2) is 7.29. The van der Waals surface area contributed by atoms with E-state index >= 15 is 0 Å². The molecule has 2 aromatic heterocycles. The van der Waals surface area contributed by atoms with Crippen LogP contribution >= 0.6 is 15.9 Å². The van der Waals surface area contributed by atoms with E-state index in [2.05, 4.69) is 53.3 Å². The Morgan fingerprint density at radius 3 is 2.72 bits per heavy atom. The first-order valence-electron chi connectivity index (χ1n) is 10.3. The van der Waals surface area contributed by atoms with Gasteiger partial charge in [-0.1, -0.05) is 69.6 Å². The van der Waals surface area contributed by atoms with Crippen LogP contribution in [-0.2, 0) is 12.1 Å². The molecule has 2 aromatic carbocycles. The van der Waals surface area contributed by atoms with Gasteiger partial charge in [-0.3, -0.25) is 0 Å². The number of rotatable bonds is 4. The molecule has 2 aliphatic heterocycles. The fraction of sp³-hybridized carbons (Fsp3) is 0.125. The van der Waals surface area contributed by atoms with Crippen LogP contribution in [0.1, 0.15) is 11.3 Å². The normalized spacial score (nSPS) is 18.4. The number of allylic oxidation sites excluding steroid dienone is 2. The average molecular weight is 487 g/mol. The van der Waals surface area contributed by atoms with Gasteiger partial charge in [0.2, 0.25) is 0 Å². The standard InChI is InChI=1S/C24H19BrN6O/c25-17-9-8-16-13-31-22(18(16)12-17)28-29-23(31)19-20(15-6-2-1-3-7-15)30-32-21(19)24(14-26)10-4-5-11-27-24/h1-12,27H,13-14,26H2. The van der Waals surface area contributed by atoms with Gasteiger partial charge in [-0.2, -0.15) is 0 Å². The number of dihydropyridines is 1.